The molecule has 0 aromatic rings. The zero-order chi connectivity index (χ0) is 70.1. The number of phosphoric acid groups is 2. The van der Waals surface area contributed by atoms with Crippen molar-refractivity contribution in [3.8, 4) is 0 Å². The molecule has 0 fully saturated rings. The predicted octanol–water partition coefficient (Wildman–Crippen LogP) is 21.7. The first kappa shape index (κ1) is 92.5. The fourth-order valence-corrected chi connectivity index (χ4v) is 12.6. The lowest BCUT2D eigenvalue weighted by Gasteiger charge is -2.21. The minimum Gasteiger partial charge on any atom is -0.462 e. The molecule has 0 saturated carbocycles. The van der Waals surface area contributed by atoms with Crippen LogP contribution >= 0.6 is 15.6 Å². The molecule has 5 atom stereocenters. The highest BCUT2D eigenvalue weighted by Crippen LogP contribution is 2.45. The lowest BCUT2D eigenvalue weighted by molar-refractivity contribution is -0.161. The van der Waals surface area contributed by atoms with Crippen LogP contribution in [0.3, 0.4) is 0 Å². The average Bonchev–Trinajstić information content (AvgIpc) is 1.21. The van der Waals surface area contributed by atoms with E-state index in [2.05, 4.69) is 72.8 Å². The fraction of sp³-hybridized carbons (Fsp3) is 0.895. The van der Waals surface area contributed by atoms with Gasteiger partial charge in [0.2, 0.25) is 0 Å². The van der Waals surface area contributed by atoms with Crippen molar-refractivity contribution in [3.05, 3.63) is 24.3 Å². The van der Waals surface area contributed by atoms with Crippen LogP contribution in [-0.4, -0.2) is 96.7 Å². The summed E-state index contributed by atoms with van der Waals surface area (Å²) in [6, 6.07) is 0. The number of unbranched alkanes of at least 4 members (excludes halogenated alkanes) is 37. The summed E-state index contributed by atoms with van der Waals surface area (Å²) >= 11 is 0. The van der Waals surface area contributed by atoms with Gasteiger partial charge in [0.15, 0.2) is 12.2 Å². The van der Waals surface area contributed by atoms with Crippen LogP contribution in [0, 0.1) is 17.8 Å². The van der Waals surface area contributed by atoms with Crippen molar-refractivity contribution in [1.82, 2.24) is 0 Å². The Morgan fingerprint density at radius 3 is 0.853 bits per heavy atom. The van der Waals surface area contributed by atoms with E-state index >= 15 is 0 Å². The van der Waals surface area contributed by atoms with Gasteiger partial charge >= 0.3 is 39.5 Å². The Balaban J connectivity index is 5.27. The van der Waals surface area contributed by atoms with E-state index in [-0.39, 0.29) is 25.7 Å². The van der Waals surface area contributed by atoms with E-state index in [1.165, 1.54) is 154 Å². The molecule has 0 rings (SSSR count). The van der Waals surface area contributed by atoms with Gasteiger partial charge in [-0.05, 0) is 69.1 Å². The van der Waals surface area contributed by atoms with Crippen molar-refractivity contribution < 1.29 is 80.2 Å². The Kier molecular flexibility index (Phi) is 64.4. The van der Waals surface area contributed by atoms with Gasteiger partial charge < -0.3 is 33.8 Å². The molecule has 0 radical (unpaired) electrons. The molecule has 0 amide bonds. The SMILES string of the molecule is CCCCCC/C=C\C=C/CCCCCCCC(=O)O[C@H](COC(=O)CCCCCCCCCC(C)C)COP(=O)(O)OCC(O)COP(=O)(O)OC[C@@H](COC(=O)CCCCCCCCCCCC(C)C)OC(=O)CCCCCCCCCCCCCCCCCC(C)C. The molecule has 0 aromatic heterocycles. The molecule has 0 aliphatic carbocycles. The van der Waals surface area contributed by atoms with Crippen LogP contribution in [-0.2, 0) is 65.4 Å². The Labute approximate surface area is 580 Å². The number of carbonyl (C=O) groups is 4. The van der Waals surface area contributed by atoms with E-state index in [9.17, 15) is 43.2 Å². The number of ether oxygens (including phenoxy) is 4. The number of rotatable bonds is 72. The van der Waals surface area contributed by atoms with Crippen LogP contribution in [0.25, 0.3) is 0 Å². The van der Waals surface area contributed by atoms with Crippen LogP contribution in [0.4, 0.5) is 0 Å². The van der Waals surface area contributed by atoms with Gasteiger partial charge in [-0.15, -0.1) is 0 Å². The number of esters is 4. The normalized spacial score (nSPS) is 14.2. The molecule has 19 heteroatoms. The van der Waals surface area contributed by atoms with Crippen LogP contribution in [0.1, 0.15) is 363 Å². The second-order valence-corrected chi connectivity index (χ2v) is 31.0. The zero-order valence-electron chi connectivity index (χ0n) is 61.6. The number of aliphatic hydroxyl groups excluding tert-OH is 1. The van der Waals surface area contributed by atoms with Crippen LogP contribution in [0.15, 0.2) is 24.3 Å². The predicted molar refractivity (Wildman–Crippen MR) is 386 cm³/mol. The lowest BCUT2D eigenvalue weighted by Crippen LogP contribution is -2.30. The van der Waals surface area contributed by atoms with E-state index in [0.717, 1.165) is 121 Å². The molecule has 0 heterocycles. The molecule has 0 spiro atoms. The average molecular weight is 1390 g/mol. The second-order valence-electron chi connectivity index (χ2n) is 28.1. The van der Waals surface area contributed by atoms with Crippen molar-refractivity contribution in [2.45, 2.75) is 381 Å². The van der Waals surface area contributed by atoms with E-state index in [0.29, 0.717) is 31.6 Å². The van der Waals surface area contributed by atoms with E-state index in [4.69, 9.17) is 37.0 Å². The molecule has 560 valence electrons. The highest BCUT2D eigenvalue weighted by molar-refractivity contribution is 7.47. The summed E-state index contributed by atoms with van der Waals surface area (Å²) in [5.41, 5.74) is 0. The second kappa shape index (κ2) is 66.1. The molecular weight excluding hydrogens is 1250 g/mol. The maximum Gasteiger partial charge on any atom is 0.472 e. The molecule has 3 N–H and O–H groups in total. The smallest absolute Gasteiger partial charge is 0.462 e. The first-order valence-electron chi connectivity index (χ1n) is 38.7. The summed E-state index contributed by atoms with van der Waals surface area (Å²) in [5, 5.41) is 10.6. The Morgan fingerprint density at radius 2 is 0.568 bits per heavy atom. The molecule has 0 saturated heterocycles. The first-order chi connectivity index (χ1) is 45.7. The molecule has 0 bridgehead atoms. The largest absolute Gasteiger partial charge is 0.472 e. The van der Waals surface area contributed by atoms with Crippen LogP contribution in [0.5, 0.6) is 0 Å². The summed E-state index contributed by atoms with van der Waals surface area (Å²) < 4.78 is 68.5. The van der Waals surface area contributed by atoms with Crippen LogP contribution in [0.2, 0.25) is 0 Å². The number of aliphatic hydroxyl groups is 1. The third kappa shape index (κ3) is 69.8. The number of carbonyl (C=O) groups excluding carboxylic acids is 4. The standard InChI is InChI=1S/C76H144O17P2/c1-8-9-10-11-12-13-14-15-17-21-24-29-37-45-52-59-76(81)93-72(64-87-74(79)58-51-44-39-32-35-42-49-56-69(6)7)66-91-95(84,85)89-62-70(77)61-88-94(82,83)90-65-71(63-86-73(78)57-50-43-36-31-26-28-34-41-48-55-68(4)5)92-75(80)60-53-46-38-30-25-22-19-16-18-20-23-27-33-40-47-54-67(2)3/h13-15,17,67-72,77H,8-12,16,18-66H2,1-7H3,(H,82,83)(H,84,85)/b14-13-,17-15-/t70?,71-,72-/m1/s1. The highest BCUT2D eigenvalue weighted by Gasteiger charge is 2.30. The Morgan fingerprint density at radius 1 is 0.326 bits per heavy atom. The lowest BCUT2D eigenvalue weighted by atomic mass is 10.0. The molecule has 0 aromatic carbocycles. The topological polar surface area (TPSA) is 237 Å². The van der Waals surface area contributed by atoms with Crippen molar-refractivity contribution in [2.24, 2.45) is 17.8 Å². The van der Waals surface area contributed by atoms with Gasteiger partial charge in [0.1, 0.15) is 19.3 Å². The molecular formula is C76H144O17P2. The third-order valence-corrected chi connectivity index (χ3v) is 18.9. The van der Waals surface area contributed by atoms with Crippen molar-refractivity contribution in [2.75, 3.05) is 39.6 Å². The summed E-state index contributed by atoms with van der Waals surface area (Å²) in [6.45, 7) is 11.8. The van der Waals surface area contributed by atoms with Gasteiger partial charge in [-0.2, -0.15) is 0 Å². The summed E-state index contributed by atoms with van der Waals surface area (Å²) in [6.07, 6.45) is 55.0. The molecule has 95 heavy (non-hydrogen) atoms. The van der Waals surface area contributed by atoms with E-state index < -0.39 is 97.5 Å². The zero-order valence-corrected chi connectivity index (χ0v) is 63.4. The monoisotopic (exact) mass is 1390 g/mol. The third-order valence-electron chi connectivity index (χ3n) is 17.0. The van der Waals surface area contributed by atoms with Crippen molar-refractivity contribution >= 4 is 39.5 Å². The highest BCUT2D eigenvalue weighted by atomic mass is 31.2. The van der Waals surface area contributed by atoms with Crippen molar-refractivity contribution in [3.63, 3.8) is 0 Å². The summed E-state index contributed by atoms with van der Waals surface area (Å²) in [4.78, 5) is 72.8. The Hall–Kier alpha value is -2.46. The molecule has 0 aliphatic rings. The van der Waals surface area contributed by atoms with E-state index in [1.54, 1.807) is 0 Å². The fourth-order valence-electron chi connectivity index (χ4n) is 11.1. The van der Waals surface area contributed by atoms with Crippen molar-refractivity contribution in [1.29, 1.82) is 0 Å². The number of phosphoric ester groups is 2. The maximum absolute atomic E-state index is 13.1. The first-order valence-corrected chi connectivity index (χ1v) is 41.7. The van der Waals surface area contributed by atoms with Gasteiger partial charge in [-0.1, -0.05) is 310 Å². The maximum atomic E-state index is 13.1. The number of hydrogen-bond acceptors (Lipinski definition) is 15. The van der Waals surface area contributed by atoms with E-state index in [1.807, 2.05) is 0 Å². The summed E-state index contributed by atoms with van der Waals surface area (Å²) in [5.74, 6) is 0.0955. The Bertz CT molecular complexity index is 1950. The van der Waals surface area contributed by atoms with Gasteiger partial charge in [-0.25, -0.2) is 9.13 Å². The number of hydrogen-bond donors (Lipinski definition) is 3. The quantitative estimate of drug-likeness (QED) is 0.0169. The van der Waals surface area contributed by atoms with Crippen LogP contribution < -0.4 is 0 Å². The minimum atomic E-state index is -4.96. The van der Waals surface area contributed by atoms with Gasteiger partial charge in [0.05, 0.1) is 26.4 Å². The summed E-state index contributed by atoms with van der Waals surface area (Å²) in [7, 11) is -9.92. The van der Waals surface area contributed by atoms with Gasteiger partial charge in [-0.3, -0.25) is 37.3 Å². The minimum absolute atomic E-state index is 0.0839. The molecule has 17 nitrogen and oxygen atoms in total. The van der Waals surface area contributed by atoms with Gasteiger partial charge in [0.25, 0.3) is 0 Å². The number of allylic oxidation sites excluding steroid dienone is 4. The molecule has 3 unspecified atom stereocenters. The molecule has 0 aliphatic heterocycles. The van der Waals surface area contributed by atoms with Gasteiger partial charge in [0, 0.05) is 25.7 Å².